The van der Waals surface area contributed by atoms with Crippen LogP contribution in [0.25, 0.3) is 75.8 Å². The smallest absolute Gasteiger partial charge is 0.0433 e. The zero-order valence-corrected chi connectivity index (χ0v) is 28.7. The van der Waals surface area contributed by atoms with Crippen molar-refractivity contribution < 1.29 is 0 Å². The summed E-state index contributed by atoms with van der Waals surface area (Å²) >= 11 is 1.89. The van der Waals surface area contributed by atoms with Crippen LogP contribution in [0, 0.1) is 0 Å². The van der Waals surface area contributed by atoms with Gasteiger partial charge in [-0.1, -0.05) is 164 Å². The van der Waals surface area contributed by atoms with Gasteiger partial charge in [-0.3, -0.25) is 0 Å². The molecule has 0 amide bonds. The van der Waals surface area contributed by atoms with Crippen LogP contribution in [0.5, 0.6) is 0 Å². The van der Waals surface area contributed by atoms with Crippen molar-refractivity contribution in [3.05, 3.63) is 204 Å². The lowest BCUT2D eigenvalue weighted by molar-refractivity contribution is 0.677. The van der Waals surface area contributed by atoms with E-state index in [-0.39, 0.29) is 5.92 Å². The second-order valence-corrected chi connectivity index (χ2v) is 15.0. The van der Waals surface area contributed by atoms with E-state index in [4.69, 9.17) is 0 Å². The number of fused-ring (bicyclic) bond motifs is 14. The Bertz CT molecular complexity index is 2820. The van der Waals surface area contributed by atoms with E-state index in [1.54, 1.807) is 0 Å². The number of benzene rings is 8. The number of hydrogen-bond donors (Lipinski definition) is 0. The fourth-order valence-electron chi connectivity index (χ4n) is 9.03. The largest absolute Gasteiger partial charge is 0.135 e. The summed E-state index contributed by atoms with van der Waals surface area (Å²) < 4.78 is 2.69. The summed E-state index contributed by atoms with van der Waals surface area (Å²) in [6, 6.07) is 68.0. The summed E-state index contributed by atoms with van der Waals surface area (Å²) in [5, 5.41) is 2.68. The molecule has 1 aromatic heterocycles. The zero-order chi connectivity index (χ0) is 33.5. The van der Waals surface area contributed by atoms with Crippen molar-refractivity contribution in [2.45, 2.75) is 11.8 Å². The SMILES string of the molecule is c1cc(-c2ccc(-c3ccc4c(c3)-c3ccccc3C3c5ccccc5-c5ccccc5C43)cc2)cc(-c2cccc3c2sc2ccccc23)c1. The minimum absolute atomic E-state index is 0.281. The van der Waals surface area contributed by atoms with E-state index in [0.717, 1.165) is 0 Å². The maximum Gasteiger partial charge on any atom is 0.0433 e. The Labute approximate surface area is 301 Å². The molecule has 0 bridgehead atoms. The first kappa shape index (κ1) is 28.8. The quantitative estimate of drug-likeness (QED) is 0.176. The minimum Gasteiger partial charge on any atom is -0.135 e. The van der Waals surface area contributed by atoms with Gasteiger partial charge in [-0.25, -0.2) is 0 Å². The van der Waals surface area contributed by atoms with Gasteiger partial charge in [0.15, 0.2) is 0 Å². The summed E-state index contributed by atoms with van der Waals surface area (Å²) in [5.74, 6) is 0.578. The summed E-state index contributed by atoms with van der Waals surface area (Å²) in [6.45, 7) is 0. The molecule has 2 aliphatic rings. The Hall–Kier alpha value is -6.02. The maximum atomic E-state index is 2.44. The lowest BCUT2D eigenvalue weighted by Gasteiger charge is -2.41. The van der Waals surface area contributed by atoms with Gasteiger partial charge in [-0.05, 0) is 96.1 Å². The topological polar surface area (TPSA) is 0 Å². The zero-order valence-electron chi connectivity index (χ0n) is 27.9. The Kier molecular flexibility index (Phi) is 6.35. The Morgan fingerprint density at radius 2 is 0.765 bits per heavy atom. The van der Waals surface area contributed by atoms with E-state index in [2.05, 4.69) is 182 Å². The molecule has 2 aliphatic carbocycles. The molecule has 0 aliphatic heterocycles. The third-order valence-corrected chi connectivity index (χ3v) is 12.5. The first-order valence-corrected chi connectivity index (χ1v) is 18.6. The van der Waals surface area contributed by atoms with E-state index < -0.39 is 0 Å². The van der Waals surface area contributed by atoms with Crippen LogP contribution in [0.4, 0.5) is 0 Å². The number of thiophene rings is 1. The van der Waals surface area contributed by atoms with Gasteiger partial charge in [0.05, 0.1) is 0 Å². The Balaban J connectivity index is 0.977. The molecule has 0 nitrogen and oxygen atoms in total. The molecule has 238 valence electrons. The molecular weight excluding hydrogens is 633 g/mol. The van der Waals surface area contributed by atoms with Crippen LogP contribution < -0.4 is 0 Å². The van der Waals surface area contributed by atoms with Gasteiger partial charge >= 0.3 is 0 Å². The van der Waals surface area contributed by atoms with E-state index in [1.807, 2.05) is 11.3 Å². The Morgan fingerprint density at radius 1 is 0.294 bits per heavy atom. The normalized spacial score (nSPS) is 15.5. The van der Waals surface area contributed by atoms with Crippen LogP contribution in [0.2, 0.25) is 0 Å². The molecule has 2 unspecified atom stereocenters. The molecule has 2 atom stereocenters. The van der Waals surface area contributed by atoms with Crippen molar-refractivity contribution in [2.24, 2.45) is 0 Å². The molecule has 0 N–H and O–H groups in total. The molecule has 0 saturated heterocycles. The third kappa shape index (κ3) is 4.38. The predicted molar refractivity (Wildman–Crippen MR) is 217 cm³/mol. The first-order valence-electron chi connectivity index (χ1n) is 17.8. The van der Waals surface area contributed by atoms with Crippen molar-refractivity contribution in [1.29, 1.82) is 0 Å². The average Bonchev–Trinajstić information content (AvgIpc) is 3.60. The van der Waals surface area contributed by atoms with Gasteiger partial charge in [0.2, 0.25) is 0 Å². The van der Waals surface area contributed by atoms with Gasteiger partial charge in [0.1, 0.15) is 0 Å². The van der Waals surface area contributed by atoms with Crippen LogP contribution in [0.3, 0.4) is 0 Å². The van der Waals surface area contributed by atoms with E-state index in [1.165, 1.54) is 98.1 Å². The molecular formula is C50H32S. The molecule has 51 heavy (non-hydrogen) atoms. The standard InChI is InChI=1S/C50H32S/c1-4-17-41-37(13-1)38-14-2-5-18-42(38)49-44-28-27-34(30-46(44)39-15-3-6-19-43(39)48(41)49)32-25-23-31(24-26-32)33-11-9-12-35(29-33)36-20-10-21-45-40-16-7-8-22-47(40)51-50(36)45/h1-30,48-49H. The summed E-state index contributed by atoms with van der Waals surface area (Å²) in [4.78, 5) is 0. The van der Waals surface area contributed by atoms with Crippen LogP contribution >= 0.6 is 11.3 Å². The second-order valence-electron chi connectivity index (χ2n) is 14.0. The van der Waals surface area contributed by atoms with Crippen LogP contribution in [0.15, 0.2) is 182 Å². The molecule has 1 heteroatoms. The van der Waals surface area contributed by atoms with Gasteiger partial charge in [0.25, 0.3) is 0 Å². The van der Waals surface area contributed by atoms with Gasteiger partial charge < -0.3 is 0 Å². The molecule has 8 aromatic carbocycles. The highest BCUT2D eigenvalue weighted by Crippen LogP contribution is 2.58. The monoisotopic (exact) mass is 664 g/mol. The van der Waals surface area contributed by atoms with Crippen molar-refractivity contribution in [2.75, 3.05) is 0 Å². The maximum absolute atomic E-state index is 2.44. The first-order chi connectivity index (χ1) is 25.3. The van der Waals surface area contributed by atoms with Crippen molar-refractivity contribution in [1.82, 2.24) is 0 Å². The average molecular weight is 665 g/mol. The molecule has 0 radical (unpaired) electrons. The summed E-state index contributed by atoms with van der Waals surface area (Å²) in [6.07, 6.45) is 0. The highest BCUT2D eigenvalue weighted by molar-refractivity contribution is 7.26. The van der Waals surface area contributed by atoms with Gasteiger partial charge in [0, 0.05) is 32.0 Å². The highest BCUT2D eigenvalue weighted by Gasteiger charge is 2.40. The predicted octanol–water partition coefficient (Wildman–Crippen LogP) is 14.0. The second kappa shape index (κ2) is 11.3. The van der Waals surface area contributed by atoms with Gasteiger partial charge in [-0.2, -0.15) is 0 Å². The highest BCUT2D eigenvalue weighted by atomic mass is 32.1. The number of hydrogen-bond acceptors (Lipinski definition) is 1. The third-order valence-electron chi connectivity index (χ3n) is 11.3. The molecule has 0 spiro atoms. The molecule has 11 rings (SSSR count). The van der Waals surface area contributed by atoms with E-state index >= 15 is 0 Å². The molecule has 0 saturated carbocycles. The van der Waals surface area contributed by atoms with Crippen LogP contribution in [-0.2, 0) is 0 Å². The van der Waals surface area contributed by atoms with Crippen LogP contribution in [-0.4, -0.2) is 0 Å². The lowest BCUT2D eigenvalue weighted by Crippen LogP contribution is -2.24. The number of rotatable bonds is 3. The minimum atomic E-state index is 0.281. The summed E-state index contributed by atoms with van der Waals surface area (Å²) in [7, 11) is 0. The fourth-order valence-corrected chi connectivity index (χ4v) is 10.3. The molecule has 1 heterocycles. The molecule has 0 fully saturated rings. The van der Waals surface area contributed by atoms with E-state index in [9.17, 15) is 0 Å². The Morgan fingerprint density at radius 3 is 1.45 bits per heavy atom. The van der Waals surface area contributed by atoms with Crippen LogP contribution in [0.1, 0.15) is 34.1 Å². The lowest BCUT2D eigenvalue weighted by atomic mass is 9.61. The fraction of sp³-hybridized carbons (Fsp3) is 0.0400. The van der Waals surface area contributed by atoms with Crippen molar-refractivity contribution >= 4 is 31.5 Å². The molecule has 9 aromatic rings. The van der Waals surface area contributed by atoms with Crippen molar-refractivity contribution in [3.8, 4) is 55.6 Å². The van der Waals surface area contributed by atoms with E-state index in [0.29, 0.717) is 5.92 Å². The summed E-state index contributed by atoms with van der Waals surface area (Å²) in [5.41, 5.74) is 18.7. The van der Waals surface area contributed by atoms with Crippen molar-refractivity contribution in [3.63, 3.8) is 0 Å². The van der Waals surface area contributed by atoms with Gasteiger partial charge in [-0.15, -0.1) is 11.3 Å².